The molecule has 3 nitrogen and oxygen atoms in total. The Balaban J connectivity index is 1.96. The molecule has 0 bridgehead atoms. The quantitative estimate of drug-likeness (QED) is 0.901. The molecule has 2 rings (SSSR count). The van der Waals surface area contributed by atoms with Gasteiger partial charge in [-0.05, 0) is 37.6 Å². The number of benzene rings is 1. The Labute approximate surface area is 110 Å². The molecule has 17 heavy (non-hydrogen) atoms. The zero-order valence-electron chi connectivity index (χ0n) is 9.67. The Hall–Kier alpha value is -1.05. The molecule has 0 spiro atoms. The van der Waals surface area contributed by atoms with Gasteiger partial charge in [-0.15, -0.1) is 0 Å². The van der Waals surface area contributed by atoms with Crippen LogP contribution >= 0.6 is 15.9 Å². The normalized spacial score (nSPS) is 19.6. The fourth-order valence-corrected chi connectivity index (χ4v) is 2.46. The van der Waals surface area contributed by atoms with E-state index in [1.54, 1.807) is 0 Å². The van der Waals surface area contributed by atoms with Gasteiger partial charge in [-0.3, -0.25) is 0 Å². The first-order chi connectivity index (χ1) is 8.29. The standard InChI is InChI=1S/C13H16BrN3/c14-11-4-5-13(10(7-11)8-15)17-9-12-3-1-2-6-16-12/h4-5,7,12,16-17H,1-3,6,9H2. The van der Waals surface area contributed by atoms with Gasteiger partial charge < -0.3 is 10.6 Å². The van der Waals surface area contributed by atoms with Crippen LogP contribution in [0.2, 0.25) is 0 Å². The molecule has 1 aromatic rings. The molecule has 2 N–H and O–H groups in total. The van der Waals surface area contributed by atoms with Gasteiger partial charge in [0.2, 0.25) is 0 Å². The molecular formula is C13H16BrN3. The third-order valence-corrected chi connectivity index (χ3v) is 3.55. The van der Waals surface area contributed by atoms with Crippen LogP contribution in [0.3, 0.4) is 0 Å². The van der Waals surface area contributed by atoms with Crippen LogP contribution in [0.4, 0.5) is 5.69 Å². The number of anilines is 1. The summed E-state index contributed by atoms with van der Waals surface area (Å²) in [5, 5.41) is 15.9. The summed E-state index contributed by atoms with van der Waals surface area (Å²) in [6.07, 6.45) is 3.79. The zero-order chi connectivity index (χ0) is 12.1. The number of nitrogens with one attached hydrogen (secondary N) is 2. The highest BCUT2D eigenvalue weighted by molar-refractivity contribution is 9.10. The highest BCUT2D eigenvalue weighted by Crippen LogP contribution is 2.20. The molecule has 0 aliphatic carbocycles. The first-order valence-electron chi connectivity index (χ1n) is 5.96. The van der Waals surface area contributed by atoms with Crippen molar-refractivity contribution in [3.05, 3.63) is 28.2 Å². The van der Waals surface area contributed by atoms with Gasteiger partial charge in [-0.25, -0.2) is 0 Å². The van der Waals surface area contributed by atoms with E-state index in [4.69, 9.17) is 5.26 Å². The fraction of sp³-hybridized carbons (Fsp3) is 0.462. The van der Waals surface area contributed by atoms with Crippen molar-refractivity contribution in [2.24, 2.45) is 0 Å². The number of piperidine rings is 1. The maximum atomic E-state index is 9.05. The molecule has 90 valence electrons. The molecule has 1 saturated heterocycles. The molecular weight excluding hydrogens is 278 g/mol. The van der Waals surface area contributed by atoms with E-state index < -0.39 is 0 Å². The van der Waals surface area contributed by atoms with E-state index in [-0.39, 0.29) is 0 Å². The van der Waals surface area contributed by atoms with E-state index in [9.17, 15) is 0 Å². The molecule has 1 unspecified atom stereocenters. The molecule has 0 radical (unpaired) electrons. The number of nitrogens with zero attached hydrogens (tertiary/aromatic N) is 1. The van der Waals surface area contributed by atoms with Crippen LogP contribution in [0.15, 0.2) is 22.7 Å². The van der Waals surface area contributed by atoms with Crippen molar-refractivity contribution >= 4 is 21.6 Å². The lowest BCUT2D eigenvalue weighted by atomic mass is 10.0. The van der Waals surface area contributed by atoms with Gasteiger partial charge >= 0.3 is 0 Å². The minimum absolute atomic E-state index is 0.527. The topological polar surface area (TPSA) is 47.9 Å². The van der Waals surface area contributed by atoms with Gasteiger partial charge in [0.05, 0.1) is 11.3 Å². The SMILES string of the molecule is N#Cc1cc(Br)ccc1NCC1CCCCN1. The average molecular weight is 294 g/mol. The average Bonchev–Trinajstić information content (AvgIpc) is 2.38. The van der Waals surface area contributed by atoms with Crippen molar-refractivity contribution in [1.29, 1.82) is 5.26 Å². The molecule has 0 saturated carbocycles. The molecule has 1 aliphatic rings. The second-order valence-electron chi connectivity index (χ2n) is 4.33. The van der Waals surface area contributed by atoms with Crippen molar-refractivity contribution in [3.63, 3.8) is 0 Å². The summed E-state index contributed by atoms with van der Waals surface area (Å²) in [6, 6.07) is 8.49. The molecule has 4 heteroatoms. The van der Waals surface area contributed by atoms with Crippen molar-refractivity contribution < 1.29 is 0 Å². The van der Waals surface area contributed by atoms with Gasteiger partial charge in [-0.2, -0.15) is 5.26 Å². The summed E-state index contributed by atoms with van der Waals surface area (Å²) >= 11 is 3.37. The number of rotatable bonds is 3. The summed E-state index contributed by atoms with van der Waals surface area (Å²) in [4.78, 5) is 0. The summed E-state index contributed by atoms with van der Waals surface area (Å²) in [5.74, 6) is 0. The van der Waals surface area contributed by atoms with Gasteiger partial charge in [0.15, 0.2) is 0 Å². The third-order valence-electron chi connectivity index (χ3n) is 3.05. The predicted octanol–water partition coefficient (Wildman–Crippen LogP) is 2.87. The van der Waals surface area contributed by atoms with Gasteiger partial charge in [0.25, 0.3) is 0 Å². The summed E-state index contributed by atoms with van der Waals surface area (Å²) < 4.78 is 0.940. The van der Waals surface area contributed by atoms with Crippen LogP contribution in [0.5, 0.6) is 0 Å². The minimum Gasteiger partial charge on any atom is -0.382 e. The first-order valence-corrected chi connectivity index (χ1v) is 6.76. The van der Waals surface area contributed by atoms with E-state index in [0.717, 1.165) is 23.2 Å². The van der Waals surface area contributed by atoms with E-state index in [1.807, 2.05) is 18.2 Å². The lowest BCUT2D eigenvalue weighted by Crippen LogP contribution is -2.39. The Morgan fingerprint density at radius 2 is 2.35 bits per heavy atom. The molecule has 1 aromatic carbocycles. The zero-order valence-corrected chi connectivity index (χ0v) is 11.3. The number of halogens is 1. The first kappa shape index (κ1) is 12.4. The smallest absolute Gasteiger partial charge is 0.101 e. The minimum atomic E-state index is 0.527. The molecule has 0 aromatic heterocycles. The van der Waals surface area contributed by atoms with E-state index in [1.165, 1.54) is 19.3 Å². The van der Waals surface area contributed by atoms with Crippen molar-refractivity contribution in [2.45, 2.75) is 25.3 Å². The van der Waals surface area contributed by atoms with Gasteiger partial charge in [-0.1, -0.05) is 22.4 Å². The Morgan fingerprint density at radius 1 is 1.47 bits per heavy atom. The van der Waals surface area contributed by atoms with E-state index in [0.29, 0.717) is 11.6 Å². The highest BCUT2D eigenvalue weighted by atomic mass is 79.9. The van der Waals surface area contributed by atoms with Crippen LogP contribution in [-0.2, 0) is 0 Å². The fourth-order valence-electron chi connectivity index (χ4n) is 2.09. The second-order valence-corrected chi connectivity index (χ2v) is 5.25. The molecule has 1 heterocycles. The lowest BCUT2D eigenvalue weighted by Gasteiger charge is -2.24. The number of nitriles is 1. The Bertz CT molecular complexity index is 419. The van der Waals surface area contributed by atoms with E-state index in [2.05, 4.69) is 32.6 Å². The summed E-state index contributed by atoms with van der Waals surface area (Å²) in [5.41, 5.74) is 1.61. The van der Waals surface area contributed by atoms with Gasteiger partial charge in [0.1, 0.15) is 6.07 Å². The summed E-state index contributed by atoms with van der Waals surface area (Å²) in [6.45, 7) is 1.99. The predicted molar refractivity (Wildman–Crippen MR) is 73.0 cm³/mol. The van der Waals surface area contributed by atoms with Crippen molar-refractivity contribution in [3.8, 4) is 6.07 Å². The van der Waals surface area contributed by atoms with Crippen molar-refractivity contribution in [2.75, 3.05) is 18.4 Å². The lowest BCUT2D eigenvalue weighted by molar-refractivity contribution is 0.414. The van der Waals surface area contributed by atoms with Crippen molar-refractivity contribution in [1.82, 2.24) is 5.32 Å². The van der Waals surface area contributed by atoms with E-state index >= 15 is 0 Å². The third kappa shape index (κ3) is 3.45. The Kier molecular flexibility index (Phi) is 4.41. The molecule has 0 amide bonds. The maximum absolute atomic E-state index is 9.05. The number of hydrogen-bond acceptors (Lipinski definition) is 3. The van der Waals surface area contributed by atoms with Gasteiger partial charge in [0, 0.05) is 17.1 Å². The summed E-state index contributed by atoms with van der Waals surface area (Å²) in [7, 11) is 0. The number of hydrogen-bond donors (Lipinski definition) is 2. The van der Waals surface area contributed by atoms with Crippen LogP contribution in [0, 0.1) is 11.3 Å². The Morgan fingerprint density at radius 3 is 3.06 bits per heavy atom. The van der Waals surface area contributed by atoms with Crippen LogP contribution in [0.25, 0.3) is 0 Å². The highest BCUT2D eigenvalue weighted by Gasteiger charge is 2.12. The van der Waals surface area contributed by atoms with Crippen LogP contribution in [0.1, 0.15) is 24.8 Å². The molecule has 1 atom stereocenters. The second kappa shape index (κ2) is 6.04. The van der Waals surface area contributed by atoms with Crippen LogP contribution < -0.4 is 10.6 Å². The molecule has 1 fully saturated rings. The molecule has 1 aliphatic heterocycles. The maximum Gasteiger partial charge on any atom is 0.101 e. The largest absolute Gasteiger partial charge is 0.382 e. The van der Waals surface area contributed by atoms with Crippen LogP contribution in [-0.4, -0.2) is 19.1 Å². The monoisotopic (exact) mass is 293 g/mol.